The van der Waals surface area contributed by atoms with Crippen LogP contribution >= 0.6 is 11.6 Å². The molecule has 1 N–H and O–H groups in total. The summed E-state index contributed by atoms with van der Waals surface area (Å²) >= 11 is 6.14. The Balaban J connectivity index is 1.97. The van der Waals surface area contributed by atoms with Crippen LogP contribution in [0.2, 0.25) is 5.02 Å². The quantitative estimate of drug-likeness (QED) is 0.860. The molecule has 1 nitrogen and oxygen atoms in total. The second kappa shape index (κ2) is 5.55. The molecule has 0 heterocycles. The predicted octanol–water partition coefficient (Wildman–Crippen LogP) is 4.74. The molecule has 1 unspecified atom stereocenters. The van der Waals surface area contributed by atoms with Crippen LogP contribution in [0.3, 0.4) is 0 Å². The molecule has 1 atom stereocenters. The summed E-state index contributed by atoms with van der Waals surface area (Å²) in [5, 5.41) is 3.97. The summed E-state index contributed by atoms with van der Waals surface area (Å²) in [4.78, 5) is 0. The Morgan fingerprint density at radius 3 is 2.85 bits per heavy atom. The highest BCUT2D eigenvalue weighted by Gasteiger charge is 2.21. The molecule has 3 heteroatoms. The maximum atomic E-state index is 13.1. The fourth-order valence-electron chi connectivity index (χ4n) is 2.97. The van der Waals surface area contributed by atoms with Gasteiger partial charge >= 0.3 is 0 Å². The topological polar surface area (TPSA) is 12.0 Å². The molecule has 1 aliphatic carbocycles. The van der Waals surface area contributed by atoms with Gasteiger partial charge in [0, 0.05) is 11.6 Å². The minimum atomic E-state index is -0.299. The van der Waals surface area contributed by atoms with Crippen molar-refractivity contribution in [2.45, 2.75) is 25.8 Å². The molecule has 0 saturated heterocycles. The van der Waals surface area contributed by atoms with Gasteiger partial charge in [0.2, 0.25) is 0 Å². The van der Waals surface area contributed by atoms with Crippen molar-refractivity contribution >= 4 is 11.6 Å². The van der Waals surface area contributed by atoms with Crippen molar-refractivity contribution in [3.8, 4) is 11.1 Å². The summed E-state index contributed by atoms with van der Waals surface area (Å²) in [6, 6.07) is 11.5. The minimum absolute atomic E-state index is 0.299. The molecule has 2 aromatic rings. The third kappa shape index (κ3) is 2.46. The first-order valence-electron chi connectivity index (χ1n) is 7.00. The van der Waals surface area contributed by atoms with Crippen LogP contribution in [0.25, 0.3) is 11.1 Å². The molecule has 0 saturated carbocycles. The number of fused-ring (bicyclic) bond motifs is 1. The highest BCUT2D eigenvalue weighted by molar-refractivity contribution is 6.33. The lowest BCUT2D eigenvalue weighted by Crippen LogP contribution is -2.18. The summed E-state index contributed by atoms with van der Waals surface area (Å²) in [5.41, 5.74) is 4.70. The molecule has 0 aromatic heterocycles. The summed E-state index contributed by atoms with van der Waals surface area (Å²) in [5.74, 6) is -0.299. The molecular formula is C17H17ClFN. The molecule has 2 aromatic carbocycles. The number of hydrogen-bond acceptors (Lipinski definition) is 1. The van der Waals surface area contributed by atoms with Crippen LogP contribution in [0.4, 0.5) is 4.39 Å². The summed E-state index contributed by atoms with van der Waals surface area (Å²) < 4.78 is 13.1. The Bertz CT molecular complexity index is 639. The number of nitrogens with one attached hydrogen (secondary N) is 1. The first-order chi connectivity index (χ1) is 9.69. The zero-order chi connectivity index (χ0) is 14.1. The monoisotopic (exact) mass is 289 g/mol. The van der Waals surface area contributed by atoms with Gasteiger partial charge in [-0.2, -0.15) is 0 Å². The SMILES string of the molecule is CCNC1CCc2cc(-c3ccc(F)cc3Cl)ccc21. The molecule has 104 valence electrons. The van der Waals surface area contributed by atoms with E-state index in [1.165, 1.54) is 23.3 Å². The van der Waals surface area contributed by atoms with E-state index >= 15 is 0 Å². The second-order valence-corrected chi connectivity index (χ2v) is 5.59. The Hall–Kier alpha value is -1.38. The molecular weight excluding hydrogens is 273 g/mol. The van der Waals surface area contributed by atoms with Gasteiger partial charge < -0.3 is 5.32 Å². The van der Waals surface area contributed by atoms with Gasteiger partial charge in [0.1, 0.15) is 5.82 Å². The van der Waals surface area contributed by atoms with Gasteiger partial charge in [-0.3, -0.25) is 0 Å². The molecule has 3 rings (SSSR count). The number of rotatable bonds is 3. The lowest BCUT2D eigenvalue weighted by atomic mass is 9.99. The van der Waals surface area contributed by atoms with Crippen LogP contribution in [-0.4, -0.2) is 6.54 Å². The van der Waals surface area contributed by atoms with Crippen molar-refractivity contribution in [3.05, 3.63) is 58.4 Å². The van der Waals surface area contributed by atoms with E-state index in [-0.39, 0.29) is 5.82 Å². The van der Waals surface area contributed by atoms with E-state index in [9.17, 15) is 4.39 Å². The number of halogens is 2. The average Bonchev–Trinajstić information content (AvgIpc) is 2.82. The van der Waals surface area contributed by atoms with Crippen molar-refractivity contribution in [2.24, 2.45) is 0 Å². The third-order valence-electron chi connectivity index (χ3n) is 3.91. The van der Waals surface area contributed by atoms with Gasteiger partial charge in [-0.25, -0.2) is 4.39 Å². The van der Waals surface area contributed by atoms with Crippen LogP contribution in [0.5, 0.6) is 0 Å². The third-order valence-corrected chi connectivity index (χ3v) is 4.23. The largest absolute Gasteiger partial charge is 0.310 e. The van der Waals surface area contributed by atoms with Crippen molar-refractivity contribution in [1.82, 2.24) is 5.32 Å². The molecule has 0 fully saturated rings. The fraction of sp³-hybridized carbons (Fsp3) is 0.294. The Morgan fingerprint density at radius 1 is 1.25 bits per heavy atom. The Morgan fingerprint density at radius 2 is 2.10 bits per heavy atom. The standard InChI is InChI=1S/C17H17ClFN/c1-2-20-17-8-4-12-9-11(3-6-15(12)17)14-7-5-13(19)10-16(14)18/h3,5-7,9-10,17,20H,2,4,8H2,1H3. The van der Waals surface area contributed by atoms with Gasteiger partial charge in [0.25, 0.3) is 0 Å². The summed E-state index contributed by atoms with van der Waals surface area (Å²) in [7, 11) is 0. The maximum absolute atomic E-state index is 13.1. The van der Waals surface area contributed by atoms with E-state index in [4.69, 9.17) is 11.6 Å². The minimum Gasteiger partial charge on any atom is -0.310 e. The zero-order valence-electron chi connectivity index (χ0n) is 11.4. The van der Waals surface area contributed by atoms with Crippen molar-refractivity contribution in [2.75, 3.05) is 6.54 Å². The van der Waals surface area contributed by atoms with Gasteiger partial charge in [-0.05, 0) is 54.3 Å². The van der Waals surface area contributed by atoms with Gasteiger partial charge in [0.15, 0.2) is 0 Å². The summed E-state index contributed by atoms with van der Waals surface area (Å²) in [6.45, 7) is 3.11. The van der Waals surface area contributed by atoms with Crippen molar-refractivity contribution in [1.29, 1.82) is 0 Å². The van der Waals surface area contributed by atoms with Crippen molar-refractivity contribution < 1.29 is 4.39 Å². The van der Waals surface area contributed by atoms with E-state index in [0.717, 1.165) is 30.5 Å². The molecule has 0 radical (unpaired) electrons. The molecule has 0 spiro atoms. The smallest absolute Gasteiger partial charge is 0.124 e. The predicted molar refractivity (Wildman–Crippen MR) is 81.6 cm³/mol. The van der Waals surface area contributed by atoms with E-state index in [2.05, 4.69) is 30.4 Å². The van der Waals surface area contributed by atoms with E-state index in [1.54, 1.807) is 6.07 Å². The lowest BCUT2D eigenvalue weighted by molar-refractivity contribution is 0.549. The Kier molecular flexibility index (Phi) is 3.77. The highest BCUT2D eigenvalue weighted by atomic mass is 35.5. The van der Waals surface area contributed by atoms with Crippen LogP contribution in [0, 0.1) is 5.82 Å². The average molecular weight is 290 g/mol. The second-order valence-electron chi connectivity index (χ2n) is 5.19. The molecule has 0 aliphatic heterocycles. The fourth-order valence-corrected chi connectivity index (χ4v) is 3.24. The van der Waals surface area contributed by atoms with Crippen molar-refractivity contribution in [3.63, 3.8) is 0 Å². The van der Waals surface area contributed by atoms with E-state index < -0.39 is 0 Å². The van der Waals surface area contributed by atoms with Gasteiger partial charge in [0.05, 0.1) is 5.02 Å². The number of aryl methyl sites for hydroxylation is 1. The maximum Gasteiger partial charge on any atom is 0.124 e. The number of hydrogen-bond donors (Lipinski definition) is 1. The van der Waals surface area contributed by atoms with E-state index in [1.807, 2.05) is 0 Å². The first kappa shape index (κ1) is 13.6. The van der Waals surface area contributed by atoms with Crippen LogP contribution < -0.4 is 5.32 Å². The molecule has 20 heavy (non-hydrogen) atoms. The summed E-state index contributed by atoms with van der Waals surface area (Å²) in [6.07, 6.45) is 2.23. The first-order valence-corrected chi connectivity index (χ1v) is 7.38. The molecule has 0 amide bonds. The normalized spacial score (nSPS) is 17.2. The zero-order valence-corrected chi connectivity index (χ0v) is 12.2. The van der Waals surface area contributed by atoms with Crippen LogP contribution in [0.1, 0.15) is 30.5 Å². The van der Waals surface area contributed by atoms with Crippen LogP contribution in [0.15, 0.2) is 36.4 Å². The molecule has 0 bridgehead atoms. The van der Waals surface area contributed by atoms with Gasteiger partial charge in [-0.1, -0.05) is 36.7 Å². The Labute approximate surface area is 123 Å². The molecule has 1 aliphatic rings. The van der Waals surface area contributed by atoms with E-state index in [0.29, 0.717) is 11.1 Å². The highest BCUT2D eigenvalue weighted by Crippen LogP contribution is 2.36. The lowest BCUT2D eigenvalue weighted by Gasteiger charge is -2.13. The number of benzene rings is 2. The van der Waals surface area contributed by atoms with Gasteiger partial charge in [-0.15, -0.1) is 0 Å². The van der Waals surface area contributed by atoms with Crippen LogP contribution in [-0.2, 0) is 6.42 Å².